The summed E-state index contributed by atoms with van der Waals surface area (Å²) < 4.78 is 11.0. The smallest absolute Gasteiger partial charge is 0.120 e. The molecule has 1 aliphatic rings. The van der Waals surface area contributed by atoms with Crippen molar-refractivity contribution in [3.05, 3.63) is 29.8 Å². The Kier molecular flexibility index (Phi) is 3.21. The van der Waals surface area contributed by atoms with Crippen molar-refractivity contribution in [1.82, 2.24) is 0 Å². The van der Waals surface area contributed by atoms with E-state index in [0.29, 0.717) is 12.2 Å². The Balaban J connectivity index is 1.90. The Hall–Kier alpha value is -1.53. The average Bonchev–Trinajstić information content (AvgIpc) is 2.79. The van der Waals surface area contributed by atoms with Crippen LogP contribution in [0.15, 0.2) is 24.3 Å². The van der Waals surface area contributed by atoms with Gasteiger partial charge in [-0.2, -0.15) is 5.26 Å². The maximum absolute atomic E-state index is 8.71. The number of rotatable bonds is 3. The molecule has 0 aliphatic carbocycles. The lowest BCUT2D eigenvalue weighted by atomic mass is 10.2. The fourth-order valence-corrected chi connectivity index (χ4v) is 1.62. The summed E-state index contributed by atoms with van der Waals surface area (Å²) in [5.74, 6) is 0.740. The van der Waals surface area contributed by atoms with E-state index in [1.807, 2.05) is 12.1 Å². The van der Waals surface area contributed by atoms with Crippen LogP contribution < -0.4 is 4.74 Å². The first kappa shape index (κ1) is 10.0. The fraction of sp³-hybridized carbons (Fsp3) is 0.417. The minimum absolute atomic E-state index is 0.218. The molecule has 0 N–H and O–H groups in total. The summed E-state index contributed by atoms with van der Waals surface area (Å²) >= 11 is 0. The van der Waals surface area contributed by atoms with E-state index in [4.69, 9.17) is 14.7 Å². The van der Waals surface area contributed by atoms with Crippen molar-refractivity contribution >= 4 is 0 Å². The van der Waals surface area contributed by atoms with Gasteiger partial charge < -0.3 is 9.47 Å². The highest BCUT2D eigenvalue weighted by molar-refractivity contribution is 5.36. The molecule has 1 saturated heterocycles. The van der Waals surface area contributed by atoms with Crippen molar-refractivity contribution in [1.29, 1.82) is 5.26 Å². The van der Waals surface area contributed by atoms with Crippen molar-refractivity contribution in [2.24, 2.45) is 0 Å². The standard InChI is InChI=1S/C12H13NO2/c13-8-10-3-1-4-11(7-10)15-9-12-5-2-6-14-12/h1,3-4,7,12H,2,5-6,9H2/t12-/m0/s1. The van der Waals surface area contributed by atoms with Crippen molar-refractivity contribution in [2.75, 3.05) is 13.2 Å². The molecule has 0 bridgehead atoms. The van der Waals surface area contributed by atoms with Gasteiger partial charge in [-0.1, -0.05) is 6.07 Å². The predicted octanol–water partition coefficient (Wildman–Crippen LogP) is 2.12. The van der Waals surface area contributed by atoms with Gasteiger partial charge >= 0.3 is 0 Å². The van der Waals surface area contributed by atoms with Crippen LogP contribution >= 0.6 is 0 Å². The number of nitrogens with zero attached hydrogens (tertiary/aromatic N) is 1. The molecule has 0 unspecified atom stereocenters. The van der Waals surface area contributed by atoms with Crippen LogP contribution in [0.2, 0.25) is 0 Å². The molecule has 0 amide bonds. The molecule has 1 aliphatic heterocycles. The van der Waals surface area contributed by atoms with Crippen molar-refractivity contribution < 1.29 is 9.47 Å². The van der Waals surface area contributed by atoms with Crippen LogP contribution in [0.1, 0.15) is 18.4 Å². The van der Waals surface area contributed by atoms with Gasteiger partial charge in [0.1, 0.15) is 12.4 Å². The molecule has 2 rings (SSSR count). The van der Waals surface area contributed by atoms with Crippen molar-refractivity contribution in [3.8, 4) is 11.8 Å². The lowest BCUT2D eigenvalue weighted by Crippen LogP contribution is -2.16. The average molecular weight is 203 g/mol. The predicted molar refractivity (Wildman–Crippen MR) is 55.6 cm³/mol. The van der Waals surface area contributed by atoms with Gasteiger partial charge in [0, 0.05) is 6.61 Å². The molecule has 78 valence electrons. The zero-order valence-electron chi connectivity index (χ0n) is 8.48. The third-order valence-corrected chi connectivity index (χ3v) is 2.42. The van der Waals surface area contributed by atoms with Gasteiger partial charge in [-0.25, -0.2) is 0 Å². The van der Waals surface area contributed by atoms with Crippen LogP contribution in [0.4, 0.5) is 0 Å². The van der Waals surface area contributed by atoms with E-state index >= 15 is 0 Å². The van der Waals surface area contributed by atoms with Gasteiger partial charge in [0.15, 0.2) is 0 Å². The van der Waals surface area contributed by atoms with E-state index in [1.54, 1.807) is 12.1 Å². The maximum atomic E-state index is 8.71. The first-order valence-corrected chi connectivity index (χ1v) is 5.13. The van der Waals surface area contributed by atoms with Crippen LogP contribution in [0.3, 0.4) is 0 Å². The summed E-state index contributed by atoms with van der Waals surface area (Å²) in [4.78, 5) is 0. The summed E-state index contributed by atoms with van der Waals surface area (Å²) in [5.41, 5.74) is 0.625. The lowest BCUT2D eigenvalue weighted by molar-refractivity contribution is 0.0679. The Labute approximate surface area is 89.2 Å². The molecule has 0 spiro atoms. The molecule has 1 fully saturated rings. The van der Waals surface area contributed by atoms with E-state index in [0.717, 1.165) is 25.2 Å². The van der Waals surface area contributed by atoms with E-state index in [1.165, 1.54) is 0 Å². The minimum atomic E-state index is 0.218. The number of hydrogen-bond donors (Lipinski definition) is 0. The molecule has 15 heavy (non-hydrogen) atoms. The first-order valence-electron chi connectivity index (χ1n) is 5.13. The van der Waals surface area contributed by atoms with Crippen molar-refractivity contribution in [2.45, 2.75) is 18.9 Å². The van der Waals surface area contributed by atoms with Crippen LogP contribution in [-0.4, -0.2) is 19.3 Å². The van der Waals surface area contributed by atoms with E-state index < -0.39 is 0 Å². The van der Waals surface area contributed by atoms with Crippen molar-refractivity contribution in [3.63, 3.8) is 0 Å². The van der Waals surface area contributed by atoms with Crippen LogP contribution in [0, 0.1) is 11.3 Å². The lowest BCUT2D eigenvalue weighted by Gasteiger charge is -2.11. The third kappa shape index (κ3) is 2.71. The molecule has 3 nitrogen and oxygen atoms in total. The molecule has 1 atom stereocenters. The van der Waals surface area contributed by atoms with Gasteiger partial charge in [0.25, 0.3) is 0 Å². The van der Waals surface area contributed by atoms with E-state index in [9.17, 15) is 0 Å². The van der Waals surface area contributed by atoms with E-state index in [-0.39, 0.29) is 6.10 Å². The Morgan fingerprint density at radius 1 is 1.53 bits per heavy atom. The maximum Gasteiger partial charge on any atom is 0.120 e. The molecule has 0 aromatic heterocycles. The minimum Gasteiger partial charge on any atom is -0.491 e. The number of hydrogen-bond acceptors (Lipinski definition) is 3. The largest absolute Gasteiger partial charge is 0.491 e. The molecule has 0 saturated carbocycles. The Morgan fingerprint density at radius 3 is 3.20 bits per heavy atom. The third-order valence-electron chi connectivity index (χ3n) is 2.42. The van der Waals surface area contributed by atoms with Gasteiger partial charge in [-0.3, -0.25) is 0 Å². The Morgan fingerprint density at radius 2 is 2.47 bits per heavy atom. The SMILES string of the molecule is N#Cc1cccc(OC[C@@H]2CCCO2)c1. The van der Waals surface area contributed by atoms with Gasteiger partial charge in [0.05, 0.1) is 17.7 Å². The molecule has 1 heterocycles. The molecule has 1 aromatic rings. The first-order chi connectivity index (χ1) is 7.38. The van der Waals surface area contributed by atoms with Crippen LogP contribution in [0.25, 0.3) is 0 Å². The summed E-state index contributed by atoms with van der Waals surface area (Å²) in [6.45, 7) is 1.42. The quantitative estimate of drug-likeness (QED) is 0.755. The Bertz CT molecular complexity index is 364. The van der Waals surface area contributed by atoms with E-state index in [2.05, 4.69) is 6.07 Å². The fourth-order valence-electron chi connectivity index (χ4n) is 1.62. The molecule has 1 aromatic carbocycles. The molecule has 0 radical (unpaired) electrons. The second kappa shape index (κ2) is 4.81. The number of ether oxygens (including phenoxy) is 2. The second-order valence-corrected chi connectivity index (χ2v) is 3.59. The summed E-state index contributed by atoms with van der Waals surface area (Å²) in [7, 11) is 0. The molecular formula is C12H13NO2. The van der Waals surface area contributed by atoms with Gasteiger partial charge in [0.2, 0.25) is 0 Å². The summed E-state index contributed by atoms with van der Waals surface area (Å²) in [6.07, 6.45) is 2.40. The second-order valence-electron chi connectivity index (χ2n) is 3.59. The highest BCUT2D eigenvalue weighted by Gasteiger charge is 2.15. The zero-order chi connectivity index (χ0) is 10.5. The zero-order valence-corrected chi connectivity index (χ0v) is 8.48. The van der Waals surface area contributed by atoms with Crippen LogP contribution in [0.5, 0.6) is 5.75 Å². The normalized spacial score (nSPS) is 19.8. The van der Waals surface area contributed by atoms with Gasteiger partial charge in [-0.05, 0) is 31.0 Å². The summed E-state index contributed by atoms with van der Waals surface area (Å²) in [5, 5.41) is 8.71. The summed E-state index contributed by atoms with van der Waals surface area (Å²) in [6, 6.07) is 9.27. The number of benzene rings is 1. The highest BCUT2D eigenvalue weighted by Crippen LogP contribution is 2.16. The monoisotopic (exact) mass is 203 g/mol. The van der Waals surface area contributed by atoms with Gasteiger partial charge in [-0.15, -0.1) is 0 Å². The molecular weight excluding hydrogens is 190 g/mol. The molecule has 3 heteroatoms. The highest BCUT2D eigenvalue weighted by atomic mass is 16.5. The van der Waals surface area contributed by atoms with Crippen LogP contribution in [-0.2, 0) is 4.74 Å². The topological polar surface area (TPSA) is 42.2 Å². The number of nitriles is 1.